The van der Waals surface area contributed by atoms with Crippen LogP contribution >= 0.6 is 0 Å². The van der Waals surface area contributed by atoms with E-state index in [4.69, 9.17) is 0 Å². The van der Waals surface area contributed by atoms with Crippen LogP contribution in [0.25, 0.3) is 11.0 Å². The van der Waals surface area contributed by atoms with Crippen molar-refractivity contribution < 1.29 is 14.4 Å². The van der Waals surface area contributed by atoms with Crippen molar-refractivity contribution in [3.05, 3.63) is 84.3 Å². The van der Waals surface area contributed by atoms with Crippen LogP contribution in [0, 0.1) is 0 Å². The number of carbonyl (C=O) groups is 3. The average molecular weight is 483 g/mol. The van der Waals surface area contributed by atoms with Crippen LogP contribution in [-0.2, 0) is 0 Å². The molecule has 4 heterocycles. The molecular weight excluding hydrogens is 460 g/mol. The summed E-state index contributed by atoms with van der Waals surface area (Å²) < 4.78 is 0. The molecule has 11 heteroatoms. The lowest BCUT2D eigenvalue weighted by atomic mass is 10.0. The van der Waals surface area contributed by atoms with Gasteiger partial charge in [-0.3, -0.25) is 24.4 Å². The first-order valence-electron chi connectivity index (χ1n) is 11.4. The Morgan fingerprint density at radius 2 is 1.53 bits per heavy atom. The molecule has 1 aliphatic rings. The second kappa shape index (κ2) is 10.2. The van der Waals surface area contributed by atoms with Gasteiger partial charge in [-0.2, -0.15) is 0 Å². The summed E-state index contributed by atoms with van der Waals surface area (Å²) in [6, 6.07) is 12.2. The molecule has 3 aromatic heterocycles. The van der Waals surface area contributed by atoms with Crippen LogP contribution in [0.5, 0.6) is 0 Å². The molecule has 5 rings (SSSR count). The highest BCUT2D eigenvalue weighted by Gasteiger charge is 2.27. The van der Waals surface area contributed by atoms with Crippen molar-refractivity contribution in [3.8, 4) is 0 Å². The van der Waals surface area contributed by atoms with Crippen LogP contribution in [-0.4, -0.2) is 66.7 Å². The van der Waals surface area contributed by atoms with Gasteiger partial charge in [-0.25, -0.2) is 15.0 Å². The van der Waals surface area contributed by atoms with E-state index in [1.54, 1.807) is 23.1 Å². The van der Waals surface area contributed by atoms with Gasteiger partial charge in [-0.05, 0) is 37.1 Å². The van der Waals surface area contributed by atoms with Crippen LogP contribution in [0.4, 0.5) is 5.82 Å². The molecule has 2 N–H and O–H groups in total. The van der Waals surface area contributed by atoms with Crippen LogP contribution in [0.15, 0.2) is 67.3 Å². The molecule has 3 amide bonds. The maximum absolute atomic E-state index is 12.9. The van der Waals surface area contributed by atoms with Gasteiger partial charge in [0.05, 0.1) is 17.2 Å². The highest BCUT2D eigenvalue weighted by atomic mass is 16.2. The van der Waals surface area contributed by atoms with Crippen molar-refractivity contribution in [2.45, 2.75) is 18.9 Å². The summed E-state index contributed by atoms with van der Waals surface area (Å²) in [7, 11) is 0. The van der Waals surface area contributed by atoms with E-state index in [-0.39, 0.29) is 29.2 Å². The van der Waals surface area contributed by atoms with Gasteiger partial charge in [-0.15, -0.1) is 0 Å². The summed E-state index contributed by atoms with van der Waals surface area (Å²) in [6.07, 6.45) is 6.90. The molecule has 1 aliphatic heterocycles. The third kappa shape index (κ3) is 4.99. The number of carbonyl (C=O) groups excluding carboxylic acids is 3. The van der Waals surface area contributed by atoms with Gasteiger partial charge in [0.2, 0.25) is 0 Å². The summed E-state index contributed by atoms with van der Waals surface area (Å²) in [5.74, 6) is -1.09. The molecule has 180 valence electrons. The van der Waals surface area contributed by atoms with E-state index in [0.717, 1.165) is 5.52 Å². The Bertz CT molecular complexity index is 1420. The Morgan fingerprint density at radius 1 is 0.778 bits per heavy atom. The van der Waals surface area contributed by atoms with E-state index in [0.29, 0.717) is 37.1 Å². The Morgan fingerprint density at radius 3 is 2.31 bits per heavy atom. The minimum absolute atomic E-state index is 0.00623. The van der Waals surface area contributed by atoms with Gasteiger partial charge in [0.25, 0.3) is 17.7 Å². The number of aromatic nitrogens is 5. The molecule has 1 aromatic carbocycles. The maximum Gasteiger partial charge on any atom is 0.275 e. The summed E-state index contributed by atoms with van der Waals surface area (Å²) >= 11 is 0. The number of amides is 3. The third-order valence-corrected chi connectivity index (χ3v) is 5.83. The van der Waals surface area contributed by atoms with Crippen molar-refractivity contribution >= 4 is 34.6 Å². The summed E-state index contributed by atoms with van der Waals surface area (Å²) in [5, 5.41) is 5.53. The molecular formula is C25H22N8O3. The molecule has 1 fully saturated rings. The van der Waals surface area contributed by atoms with Gasteiger partial charge in [0, 0.05) is 37.7 Å². The molecule has 0 saturated carbocycles. The lowest BCUT2D eigenvalue weighted by Gasteiger charge is -2.32. The first-order chi connectivity index (χ1) is 17.6. The average Bonchev–Trinajstić information content (AvgIpc) is 2.93. The van der Waals surface area contributed by atoms with Gasteiger partial charge < -0.3 is 15.5 Å². The molecule has 0 unspecified atom stereocenters. The van der Waals surface area contributed by atoms with E-state index in [1.807, 2.05) is 24.3 Å². The van der Waals surface area contributed by atoms with Crippen molar-refractivity contribution in [2.75, 3.05) is 18.4 Å². The van der Waals surface area contributed by atoms with Crippen molar-refractivity contribution in [1.82, 2.24) is 35.1 Å². The fraction of sp³-hybridized carbons (Fsp3) is 0.200. The van der Waals surface area contributed by atoms with E-state index in [1.165, 1.54) is 24.8 Å². The number of likely N-dealkylation sites (tertiary alicyclic amines) is 1. The Kier molecular flexibility index (Phi) is 6.52. The van der Waals surface area contributed by atoms with Crippen molar-refractivity contribution in [1.29, 1.82) is 0 Å². The van der Waals surface area contributed by atoms with Crippen molar-refractivity contribution in [3.63, 3.8) is 0 Å². The number of rotatable bonds is 5. The second-order valence-corrected chi connectivity index (χ2v) is 8.21. The fourth-order valence-corrected chi connectivity index (χ4v) is 3.97. The zero-order valence-corrected chi connectivity index (χ0v) is 19.2. The summed E-state index contributed by atoms with van der Waals surface area (Å²) in [6.45, 7) is 0.921. The molecule has 0 spiro atoms. The minimum atomic E-state index is -0.492. The molecule has 0 bridgehead atoms. The number of anilines is 1. The number of nitrogens with zero attached hydrogens (tertiary/aromatic N) is 6. The molecule has 0 radical (unpaired) electrons. The predicted molar refractivity (Wildman–Crippen MR) is 130 cm³/mol. The summed E-state index contributed by atoms with van der Waals surface area (Å²) in [4.78, 5) is 61.0. The van der Waals surface area contributed by atoms with Gasteiger partial charge in [0.1, 0.15) is 11.4 Å². The predicted octanol–water partition coefficient (Wildman–Crippen LogP) is 2.10. The molecule has 36 heavy (non-hydrogen) atoms. The number of piperidine rings is 1. The highest BCUT2D eigenvalue weighted by Crippen LogP contribution is 2.17. The number of pyridine rings is 1. The molecule has 1 saturated heterocycles. The topological polar surface area (TPSA) is 143 Å². The summed E-state index contributed by atoms with van der Waals surface area (Å²) in [5.41, 5.74) is 1.90. The Balaban J connectivity index is 1.19. The van der Waals surface area contributed by atoms with Crippen LogP contribution in [0.3, 0.4) is 0 Å². The third-order valence-electron chi connectivity index (χ3n) is 5.83. The molecule has 4 aromatic rings. The smallest absolute Gasteiger partial charge is 0.275 e. The largest absolute Gasteiger partial charge is 0.348 e. The number of fused-ring (bicyclic) bond motifs is 1. The van der Waals surface area contributed by atoms with Crippen LogP contribution in [0.2, 0.25) is 0 Å². The monoisotopic (exact) mass is 482 g/mol. The number of hydrogen-bond donors (Lipinski definition) is 2. The Hall–Kier alpha value is -4.80. The minimum Gasteiger partial charge on any atom is -0.348 e. The highest BCUT2D eigenvalue weighted by molar-refractivity contribution is 6.06. The van der Waals surface area contributed by atoms with E-state index >= 15 is 0 Å². The van der Waals surface area contributed by atoms with Crippen molar-refractivity contribution in [2.24, 2.45) is 0 Å². The standard InChI is InChI=1S/C25H22N8O3/c34-23(19-7-3-4-10-26-19)32-22-21(27-11-12-28-22)24(35)30-16-8-13-33(14-9-16)25(36)20-15-29-17-5-1-2-6-18(17)31-20/h1-7,10-12,15-16H,8-9,13-14H2,(H,30,35)(H,28,32,34). The zero-order valence-electron chi connectivity index (χ0n) is 19.2. The quantitative estimate of drug-likeness (QED) is 0.440. The van der Waals surface area contributed by atoms with Crippen LogP contribution < -0.4 is 10.6 Å². The van der Waals surface area contributed by atoms with E-state index in [2.05, 4.69) is 35.6 Å². The van der Waals surface area contributed by atoms with Gasteiger partial charge in [0.15, 0.2) is 11.5 Å². The maximum atomic E-state index is 12.9. The zero-order chi connectivity index (χ0) is 24.9. The fourth-order valence-electron chi connectivity index (χ4n) is 3.97. The SMILES string of the molecule is O=C(Nc1nccnc1C(=O)NC1CCN(C(=O)c2cnc3ccccc3n2)CC1)c1ccccn1. The second-order valence-electron chi connectivity index (χ2n) is 8.21. The molecule has 0 aliphatic carbocycles. The molecule has 11 nitrogen and oxygen atoms in total. The van der Waals surface area contributed by atoms with Gasteiger partial charge >= 0.3 is 0 Å². The number of hydrogen-bond acceptors (Lipinski definition) is 8. The lowest BCUT2D eigenvalue weighted by molar-refractivity contribution is 0.0692. The normalized spacial score (nSPS) is 13.8. The number of nitrogens with one attached hydrogen (secondary N) is 2. The molecule has 0 atom stereocenters. The first-order valence-corrected chi connectivity index (χ1v) is 11.4. The van der Waals surface area contributed by atoms with E-state index in [9.17, 15) is 14.4 Å². The van der Waals surface area contributed by atoms with Crippen LogP contribution in [0.1, 0.15) is 44.3 Å². The lowest BCUT2D eigenvalue weighted by Crippen LogP contribution is -2.47. The number of para-hydroxylation sites is 2. The number of benzene rings is 1. The first kappa shape index (κ1) is 23.0. The Labute approximate surface area is 206 Å². The van der Waals surface area contributed by atoms with E-state index < -0.39 is 11.8 Å². The van der Waals surface area contributed by atoms with Gasteiger partial charge in [-0.1, -0.05) is 18.2 Å².